The van der Waals surface area contributed by atoms with Gasteiger partial charge in [-0.05, 0) is 25.1 Å². The van der Waals surface area contributed by atoms with Crippen LogP contribution in [0.4, 0.5) is 11.8 Å². The van der Waals surface area contributed by atoms with E-state index in [1.165, 1.54) is 0 Å². The van der Waals surface area contributed by atoms with Crippen LogP contribution in [0.1, 0.15) is 24.2 Å². The first-order valence-corrected chi connectivity index (χ1v) is 8.51. The number of imidazole rings is 1. The standard InChI is InChI=1S/C19H18N6O/c1-9-8-26-17-15(9)14(7-12-16(17)18(20)24-19(21)23-12)25-10(2)22-11-5-3-4-6-13(11)25/h3-7,9H,8H2,1-2H3,(H4,20,21,23,24). The number of fused-ring (bicyclic) bond motifs is 4. The molecular formula is C19H18N6O. The predicted molar refractivity (Wildman–Crippen MR) is 102 cm³/mol. The van der Waals surface area contributed by atoms with Crippen molar-refractivity contribution in [1.29, 1.82) is 0 Å². The molecule has 0 bridgehead atoms. The number of nitrogens with zero attached hydrogens (tertiary/aromatic N) is 4. The highest BCUT2D eigenvalue weighted by molar-refractivity contribution is 5.98. The number of aryl methyl sites for hydroxylation is 1. The second-order valence-corrected chi connectivity index (χ2v) is 6.69. The third-order valence-corrected chi connectivity index (χ3v) is 4.94. The van der Waals surface area contributed by atoms with Crippen LogP contribution >= 0.6 is 0 Å². The van der Waals surface area contributed by atoms with E-state index in [9.17, 15) is 0 Å². The molecule has 0 saturated carbocycles. The minimum Gasteiger partial charge on any atom is -0.492 e. The van der Waals surface area contributed by atoms with Crippen molar-refractivity contribution in [3.8, 4) is 11.4 Å². The van der Waals surface area contributed by atoms with Gasteiger partial charge in [0.2, 0.25) is 5.95 Å². The Labute approximate surface area is 149 Å². The van der Waals surface area contributed by atoms with Crippen LogP contribution in [0.3, 0.4) is 0 Å². The van der Waals surface area contributed by atoms with Gasteiger partial charge in [-0.3, -0.25) is 4.57 Å². The first kappa shape index (κ1) is 14.9. The lowest BCUT2D eigenvalue weighted by molar-refractivity contribution is 0.340. The third-order valence-electron chi connectivity index (χ3n) is 4.94. The molecule has 7 nitrogen and oxygen atoms in total. The molecule has 0 spiro atoms. The van der Waals surface area contributed by atoms with Crippen LogP contribution in [0.15, 0.2) is 30.3 Å². The Morgan fingerprint density at radius 1 is 1.12 bits per heavy atom. The lowest BCUT2D eigenvalue weighted by Crippen LogP contribution is -2.06. The molecule has 0 radical (unpaired) electrons. The summed E-state index contributed by atoms with van der Waals surface area (Å²) in [6, 6.07) is 10.1. The summed E-state index contributed by atoms with van der Waals surface area (Å²) in [5, 5.41) is 0.726. The molecule has 1 aliphatic rings. The van der Waals surface area contributed by atoms with Crippen LogP contribution in [0.25, 0.3) is 27.6 Å². The molecule has 0 amide bonds. The molecule has 0 aliphatic carbocycles. The Balaban J connectivity index is 1.95. The second-order valence-electron chi connectivity index (χ2n) is 6.69. The van der Waals surface area contributed by atoms with Gasteiger partial charge >= 0.3 is 0 Å². The number of hydrogen-bond donors (Lipinski definition) is 2. The van der Waals surface area contributed by atoms with Crippen LogP contribution in [0, 0.1) is 6.92 Å². The van der Waals surface area contributed by atoms with Crippen molar-refractivity contribution < 1.29 is 4.74 Å². The van der Waals surface area contributed by atoms with E-state index >= 15 is 0 Å². The van der Waals surface area contributed by atoms with Crippen molar-refractivity contribution in [2.24, 2.45) is 0 Å². The zero-order valence-electron chi connectivity index (χ0n) is 14.5. The maximum atomic E-state index is 6.13. The number of ether oxygens (including phenoxy) is 1. The van der Waals surface area contributed by atoms with Gasteiger partial charge in [0.05, 0.1) is 34.2 Å². The Kier molecular flexibility index (Phi) is 2.92. The Morgan fingerprint density at radius 2 is 1.92 bits per heavy atom. The van der Waals surface area contributed by atoms with Gasteiger partial charge in [0, 0.05) is 11.5 Å². The zero-order valence-corrected chi connectivity index (χ0v) is 14.5. The molecule has 2 aromatic heterocycles. The molecule has 7 heteroatoms. The highest BCUT2D eigenvalue weighted by Crippen LogP contribution is 2.45. The van der Waals surface area contributed by atoms with Crippen LogP contribution in [0.5, 0.6) is 5.75 Å². The van der Waals surface area contributed by atoms with E-state index in [4.69, 9.17) is 21.2 Å². The summed E-state index contributed by atoms with van der Waals surface area (Å²) >= 11 is 0. The number of nitrogens with two attached hydrogens (primary N) is 2. The van der Waals surface area contributed by atoms with Crippen LogP contribution in [0.2, 0.25) is 0 Å². The number of aromatic nitrogens is 4. The second kappa shape index (κ2) is 5.08. The number of nitrogen functional groups attached to an aromatic ring is 2. The molecular weight excluding hydrogens is 328 g/mol. The molecule has 0 fully saturated rings. The molecule has 3 heterocycles. The average molecular weight is 346 g/mol. The number of para-hydroxylation sites is 2. The summed E-state index contributed by atoms with van der Waals surface area (Å²) in [5.41, 5.74) is 16.7. The van der Waals surface area contributed by atoms with E-state index in [1.807, 2.05) is 31.2 Å². The van der Waals surface area contributed by atoms with Gasteiger partial charge in [0.1, 0.15) is 17.4 Å². The van der Waals surface area contributed by atoms with Crippen molar-refractivity contribution in [2.75, 3.05) is 18.1 Å². The van der Waals surface area contributed by atoms with Gasteiger partial charge in [0.25, 0.3) is 0 Å². The monoisotopic (exact) mass is 346 g/mol. The lowest BCUT2D eigenvalue weighted by Gasteiger charge is -2.16. The summed E-state index contributed by atoms with van der Waals surface area (Å²) < 4.78 is 8.15. The molecule has 0 saturated heterocycles. The van der Waals surface area contributed by atoms with Crippen LogP contribution < -0.4 is 16.2 Å². The first-order chi connectivity index (χ1) is 12.5. The number of benzene rings is 2. The number of anilines is 2. The SMILES string of the molecule is Cc1nc2ccccc2n1-c1cc2nc(N)nc(N)c2c2c1C(C)CO2. The van der Waals surface area contributed by atoms with E-state index in [-0.39, 0.29) is 11.9 Å². The Morgan fingerprint density at radius 3 is 2.77 bits per heavy atom. The summed E-state index contributed by atoms with van der Waals surface area (Å²) in [4.78, 5) is 13.2. The maximum absolute atomic E-state index is 6.13. The van der Waals surface area contributed by atoms with Gasteiger partial charge in [0.15, 0.2) is 0 Å². The molecule has 26 heavy (non-hydrogen) atoms. The molecule has 4 N–H and O–H groups in total. The molecule has 1 atom stereocenters. The summed E-state index contributed by atoms with van der Waals surface area (Å²) in [6.07, 6.45) is 0. The van der Waals surface area contributed by atoms with Crippen LogP contribution in [-0.4, -0.2) is 26.1 Å². The van der Waals surface area contributed by atoms with Gasteiger partial charge in [-0.2, -0.15) is 4.98 Å². The fourth-order valence-corrected chi connectivity index (χ4v) is 3.86. The highest BCUT2D eigenvalue weighted by Gasteiger charge is 2.30. The molecule has 4 aromatic rings. The fraction of sp³-hybridized carbons (Fsp3) is 0.211. The van der Waals surface area contributed by atoms with E-state index < -0.39 is 0 Å². The van der Waals surface area contributed by atoms with E-state index in [1.54, 1.807) is 0 Å². The topological polar surface area (TPSA) is 105 Å². The summed E-state index contributed by atoms with van der Waals surface area (Å²) in [6.45, 7) is 4.74. The minimum atomic E-state index is 0.152. The van der Waals surface area contributed by atoms with E-state index in [0.29, 0.717) is 17.9 Å². The highest BCUT2D eigenvalue weighted by atomic mass is 16.5. The van der Waals surface area contributed by atoms with E-state index in [0.717, 1.165) is 39.2 Å². The molecule has 130 valence electrons. The smallest absolute Gasteiger partial charge is 0.222 e. The van der Waals surface area contributed by atoms with Crippen molar-refractivity contribution in [1.82, 2.24) is 19.5 Å². The Hall–Kier alpha value is -3.35. The largest absolute Gasteiger partial charge is 0.492 e. The van der Waals surface area contributed by atoms with Crippen molar-refractivity contribution in [2.45, 2.75) is 19.8 Å². The number of rotatable bonds is 1. The summed E-state index contributed by atoms with van der Waals surface area (Å²) in [7, 11) is 0. The van der Waals surface area contributed by atoms with Gasteiger partial charge in [-0.25, -0.2) is 9.97 Å². The minimum absolute atomic E-state index is 0.152. The van der Waals surface area contributed by atoms with Crippen LogP contribution in [-0.2, 0) is 0 Å². The Bertz CT molecular complexity index is 1200. The fourth-order valence-electron chi connectivity index (χ4n) is 3.86. The predicted octanol–water partition coefficient (Wildman–Crippen LogP) is 2.94. The lowest BCUT2D eigenvalue weighted by atomic mass is 9.98. The van der Waals surface area contributed by atoms with E-state index in [2.05, 4.69) is 27.5 Å². The molecule has 1 aliphatic heterocycles. The van der Waals surface area contributed by atoms with Gasteiger partial charge in [-0.15, -0.1) is 0 Å². The zero-order chi connectivity index (χ0) is 18.0. The third kappa shape index (κ3) is 1.91. The molecule has 1 unspecified atom stereocenters. The maximum Gasteiger partial charge on any atom is 0.222 e. The summed E-state index contributed by atoms with van der Waals surface area (Å²) in [5.74, 6) is 2.37. The van der Waals surface area contributed by atoms with Gasteiger partial charge in [-0.1, -0.05) is 19.1 Å². The van der Waals surface area contributed by atoms with Gasteiger partial charge < -0.3 is 16.2 Å². The molecule has 5 rings (SSSR count). The normalized spacial score (nSPS) is 16.2. The quantitative estimate of drug-likeness (QED) is 0.549. The van der Waals surface area contributed by atoms with Crippen molar-refractivity contribution in [3.05, 3.63) is 41.7 Å². The molecule has 2 aromatic carbocycles. The number of hydrogen-bond acceptors (Lipinski definition) is 6. The average Bonchev–Trinajstić information content (AvgIpc) is 3.13. The van der Waals surface area contributed by atoms with Crippen molar-refractivity contribution in [3.63, 3.8) is 0 Å². The van der Waals surface area contributed by atoms with Crippen molar-refractivity contribution >= 4 is 33.7 Å². The first-order valence-electron chi connectivity index (χ1n) is 8.51.